The third-order valence-corrected chi connectivity index (χ3v) is 3.45. The smallest absolute Gasteiger partial charge is 0.306 e. The minimum Gasteiger partial charge on any atom is -0.491 e. The lowest BCUT2D eigenvalue weighted by atomic mass is 10.3. The fourth-order valence-electron chi connectivity index (χ4n) is 1.89. The van der Waals surface area contributed by atoms with E-state index in [1.54, 1.807) is 0 Å². The van der Waals surface area contributed by atoms with E-state index in [9.17, 15) is 9.59 Å². The van der Waals surface area contributed by atoms with Crippen LogP contribution < -0.4 is 15.4 Å². The van der Waals surface area contributed by atoms with E-state index in [1.807, 2.05) is 24.3 Å². The first-order chi connectivity index (χ1) is 12.6. The molecule has 0 unspecified atom stereocenters. The summed E-state index contributed by atoms with van der Waals surface area (Å²) in [6.45, 7) is 3.20. The molecule has 0 aromatic heterocycles. The van der Waals surface area contributed by atoms with Gasteiger partial charge in [-0.3, -0.25) is 9.59 Å². The van der Waals surface area contributed by atoms with Crippen molar-refractivity contribution in [3.63, 3.8) is 0 Å². The Bertz CT molecular complexity index is 595. The van der Waals surface area contributed by atoms with Crippen LogP contribution in [-0.4, -0.2) is 43.9 Å². The van der Waals surface area contributed by atoms with Crippen LogP contribution in [0.4, 0.5) is 5.69 Å². The van der Waals surface area contributed by atoms with Gasteiger partial charge < -0.3 is 24.8 Å². The van der Waals surface area contributed by atoms with Gasteiger partial charge in [0.15, 0.2) is 5.11 Å². The van der Waals surface area contributed by atoms with E-state index in [-0.39, 0.29) is 30.5 Å². The van der Waals surface area contributed by atoms with Crippen LogP contribution in [0, 0.1) is 0 Å². The Balaban J connectivity index is 2.39. The number of hydrogen-bond donors (Lipinski definition) is 2. The van der Waals surface area contributed by atoms with Gasteiger partial charge in [0, 0.05) is 13.5 Å². The number of rotatable bonds is 11. The molecule has 2 N–H and O–H groups in total. The van der Waals surface area contributed by atoms with Crippen LogP contribution in [0.5, 0.6) is 5.75 Å². The molecule has 26 heavy (non-hydrogen) atoms. The number of unbranched alkanes of at least 4 members (excludes halogenated alkanes) is 1. The summed E-state index contributed by atoms with van der Waals surface area (Å²) in [5.41, 5.74) is 0.674. The molecule has 0 atom stereocenters. The number of para-hydroxylation sites is 2. The minimum atomic E-state index is -0.453. The van der Waals surface area contributed by atoms with E-state index in [4.69, 9.17) is 26.4 Å². The van der Waals surface area contributed by atoms with Crippen molar-refractivity contribution in [2.45, 2.75) is 32.6 Å². The zero-order valence-electron chi connectivity index (χ0n) is 15.2. The average Bonchev–Trinajstić information content (AvgIpc) is 2.62. The van der Waals surface area contributed by atoms with Crippen LogP contribution in [0.15, 0.2) is 24.3 Å². The molecule has 0 bridgehead atoms. The van der Waals surface area contributed by atoms with E-state index in [2.05, 4.69) is 17.6 Å². The molecular weight excluding hydrogens is 356 g/mol. The van der Waals surface area contributed by atoms with Gasteiger partial charge in [-0.15, -0.1) is 0 Å². The normalized spacial score (nSPS) is 10.1. The number of nitrogens with one attached hydrogen (secondary N) is 2. The van der Waals surface area contributed by atoms with Gasteiger partial charge in [-0.05, 0) is 30.8 Å². The minimum absolute atomic E-state index is 0.0116. The Hall–Kier alpha value is -2.19. The second kappa shape index (κ2) is 13.1. The molecule has 0 radical (unpaired) electrons. The second-order valence-electron chi connectivity index (χ2n) is 5.41. The lowest BCUT2D eigenvalue weighted by Gasteiger charge is -2.14. The number of carbonyl (C=O) groups is 2. The summed E-state index contributed by atoms with van der Waals surface area (Å²) in [5.74, 6) is -0.152. The summed E-state index contributed by atoms with van der Waals surface area (Å²) in [5, 5.41) is 5.63. The van der Waals surface area contributed by atoms with Crippen molar-refractivity contribution in [2.75, 3.05) is 32.2 Å². The van der Waals surface area contributed by atoms with Crippen LogP contribution in [0.25, 0.3) is 0 Å². The highest BCUT2D eigenvalue weighted by atomic mass is 32.1. The Morgan fingerprint density at radius 3 is 2.62 bits per heavy atom. The Morgan fingerprint density at radius 1 is 1.12 bits per heavy atom. The molecule has 0 saturated heterocycles. The predicted octanol–water partition coefficient (Wildman–Crippen LogP) is 2.65. The van der Waals surface area contributed by atoms with Gasteiger partial charge in [0.1, 0.15) is 12.4 Å². The largest absolute Gasteiger partial charge is 0.491 e. The molecule has 0 saturated carbocycles. The number of amides is 1. The van der Waals surface area contributed by atoms with Gasteiger partial charge in [-0.2, -0.15) is 0 Å². The fourth-order valence-corrected chi connectivity index (χ4v) is 2.12. The van der Waals surface area contributed by atoms with E-state index in [0.717, 1.165) is 12.8 Å². The number of hydrogen-bond acceptors (Lipinski definition) is 6. The molecule has 0 heterocycles. The van der Waals surface area contributed by atoms with Gasteiger partial charge in [-0.25, -0.2) is 0 Å². The summed E-state index contributed by atoms with van der Waals surface area (Å²) >= 11 is 5.14. The number of esters is 1. The monoisotopic (exact) mass is 382 g/mol. The van der Waals surface area contributed by atoms with Crippen LogP contribution in [0.1, 0.15) is 32.6 Å². The van der Waals surface area contributed by atoms with Crippen LogP contribution >= 0.6 is 12.2 Å². The van der Waals surface area contributed by atoms with Crippen molar-refractivity contribution < 1.29 is 23.8 Å². The maximum absolute atomic E-state index is 11.9. The molecule has 0 aliphatic heterocycles. The first-order valence-corrected chi connectivity index (χ1v) is 8.94. The summed E-state index contributed by atoms with van der Waals surface area (Å²) in [6.07, 6.45) is 1.96. The molecular formula is C18H26N2O5S. The average molecular weight is 382 g/mol. The van der Waals surface area contributed by atoms with Crippen molar-refractivity contribution in [1.29, 1.82) is 0 Å². The fraction of sp³-hybridized carbons (Fsp3) is 0.500. The standard InChI is InChI=1S/C18H26N2O5S/c1-3-4-11-24-15-8-6-5-7-14(15)19-18(26)20-16(21)9-10-17(22)25-13-12-23-2/h5-8H,3-4,9-13H2,1-2H3,(H2,19,20,21,26). The molecule has 1 aromatic rings. The van der Waals surface area contributed by atoms with Crippen molar-refractivity contribution in [3.05, 3.63) is 24.3 Å². The number of benzene rings is 1. The maximum Gasteiger partial charge on any atom is 0.306 e. The molecule has 7 nitrogen and oxygen atoms in total. The van der Waals surface area contributed by atoms with Gasteiger partial charge >= 0.3 is 5.97 Å². The number of ether oxygens (including phenoxy) is 3. The highest BCUT2D eigenvalue weighted by molar-refractivity contribution is 7.80. The zero-order chi connectivity index (χ0) is 19.2. The summed E-state index contributed by atoms with van der Waals surface area (Å²) in [4.78, 5) is 23.3. The zero-order valence-corrected chi connectivity index (χ0v) is 16.0. The first-order valence-electron chi connectivity index (χ1n) is 8.54. The lowest BCUT2D eigenvalue weighted by molar-refractivity contribution is -0.146. The van der Waals surface area contributed by atoms with E-state index in [1.165, 1.54) is 7.11 Å². The quantitative estimate of drug-likeness (QED) is 0.346. The van der Waals surface area contributed by atoms with Gasteiger partial charge in [0.25, 0.3) is 0 Å². The topological polar surface area (TPSA) is 85.9 Å². The SMILES string of the molecule is CCCCOc1ccccc1NC(=S)NC(=O)CCC(=O)OCCOC. The molecule has 0 spiro atoms. The van der Waals surface area contributed by atoms with Crippen molar-refractivity contribution >= 4 is 34.9 Å². The van der Waals surface area contributed by atoms with Crippen molar-refractivity contribution in [2.24, 2.45) is 0 Å². The highest BCUT2D eigenvalue weighted by Crippen LogP contribution is 2.23. The summed E-state index contributed by atoms with van der Waals surface area (Å²) < 4.78 is 15.4. The van der Waals surface area contributed by atoms with Crippen LogP contribution in [0.3, 0.4) is 0 Å². The number of thiocarbonyl (C=S) groups is 1. The van der Waals surface area contributed by atoms with Gasteiger partial charge in [0.2, 0.25) is 5.91 Å². The first kappa shape index (κ1) is 21.9. The Kier molecular flexibility index (Phi) is 11.0. The van der Waals surface area contributed by atoms with Crippen molar-refractivity contribution in [3.8, 4) is 5.75 Å². The summed E-state index contributed by atoms with van der Waals surface area (Å²) in [6, 6.07) is 7.35. The van der Waals surface area contributed by atoms with E-state index < -0.39 is 5.97 Å². The molecule has 144 valence electrons. The Morgan fingerprint density at radius 2 is 1.88 bits per heavy atom. The van der Waals surface area contributed by atoms with Gasteiger partial charge in [-0.1, -0.05) is 25.5 Å². The molecule has 1 aromatic carbocycles. The summed E-state index contributed by atoms with van der Waals surface area (Å²) in [7, 11) is 1.52. The molecule has 8 heteroatoms. The number of anilines is 1. The van der Waals surface area contributed by atoms with Crippen molar-refractivity contribution in [1.82, 2.24) is 5.32 Å². The molecule has 1 amide bonds. The van der Waals surface area contributed by atoms with E-state index >= 15 is 0 Å². The molecule has 0 aliphatic rings. The Labute approximate surface area is 159 Å². The maximum atomic E-state index is 11.9. The number of methoxy groups -OCH3 is 1. The van der Waals surface area contributed by atoms with Crippen LogP contribution in [0.2, 0.25) is 0 Å². The third kappa shape index (κ3) is 9.33. The van der Waals surface area contributed by atoms with Gasteiger partial charge in [0.05, 0.1) is 25.3 Å². The predicted molar refractivity (Wildman–Crippen MR) is 103 cm³/mol. The van der Waals surface area contributed by atoms with Crippen LogP contribution in [-0.2, 0) is 19.1 Å². The molecule has 0 aliphatic carbocycles. The lowest BCUT2D eigenvalue weighted by Crippen LogP contribution is -2.34. The van der Waals surface area contributed by atoms with E-state index in [0.29, 0.717) is 24.7 Å². The third-order valence-electron chi connectivity index (χ3n) is 3.25. The second-order valence-corrected chi connectivity index (χ2v) is 5.82. The highest BCUT2D eigenvalue weighted by Gasteiger charge is 2.11. The molecule has 1 rings (SSSR count). The number of carbonyl (C=O) groups excluding carboxylic acids is 2. The molecule has 0 fully saturated rings.